The number of nitrogens with one attached hydrogen (secondary N) is 1. The molecule has 0 saturated heterocycles. The zero-order valence-corrected chi connectivity index (χ0v) is 10.8. The Balaban J connectivity index is 1.95. The number of thiophene rings is 1. The normalized spacial score (nSPS) is 10.2. The predicted octanol–water partition coefficient (Wildman–Crippen LogP) is 3.55. The molecule has 0 aliphatic carbocycles. The van der Waals surface area contributed by atoms with Crippen LogP contribution in [-0.2, 0) is 11.2 Å². The van der Waals surface area contributed by atoms with Gasteiger partial charge in [-0.15, -0.1) is 11.3 Å². The van der Waals surface area contributed by atoms with E-state index >= 15 is 0 Å². The summed E-state index contributed by atoms with van der Waals surface area (Å²) in [5.74, 6) is 0.0377. The summed E-state index contributed by atoms with van der Waals surface area (Å²) in [6.45, 7) is 4.08. The fraction of sp³-hybridized carbons (Fsp3) is 0.214. The zero-order valence-electron chi connectivity index (χ0n) is 9.99. The Labute approximate surface area is 105 Å². The molecule has 0 saturated carbocycles. The van der Waals surface area contributed by atoms with Gasteiger partial charge in [-0.1, -0.05) is 17.7 Å². The van der Waals surface area contributed by atoms with Crippen molar-refractivity contribution in [3.8, 4) is 0 Å². The first-order valence-corrected chi connectivity index (χ1v) is 6.37. The van der Waals surface area contributed by atoms with Crippen LogP contribution in [0.1, 0.15) is 15.3 Å². The summed E-state index contributed by atoms with van der Waals surface area (Å²) in [6, 6.07) is 11.9. The molecular weight excluding hydrogens is 230 g/mol. The smallest absolute Gasteiger partial charge is 0.229 e. The van der Waals surface area contributed by atoms with Crippen molar-refractivity contribution in [1.82, 2.24) is 0 Å². The minimum Gasteiger partial charge on any atom is -0.326 e. The van der Waals surface area contributed by atoms with Gasteiger partial charge in [0.15, 0.2) is 0 Å². The molecule has 2 aromatic rings. The van der Waals surface area contributed by atoms with Gasteiger partial charge in [0.25, 0.3) is 0 Å². The predicted molar refractivity (Wildman–Crippen MR) is 72.6 cm³/mol. The highest BCUT2D eigenvalue weighted by atomic mass is 32.1. The average Bonchev–Trinajstić information content (AvgIpc) is 2.67. The van der Waals surface area contributed by atoms with Gasteiger partial charge in [0.1, 0.15) is 0 Å². The van der Waals surface area contributed by atoms with Crippen LogP contribution >= 0.6 is 11.3 Å². The molecule has 1 amide bonds. The second-order valence-electron chi connectivity index (χ2n) is 4.10. The van der Waals surface area contributed by atoms with E-state index in [1.165, 1.54) is 10.4 Å². The van der Waals surface area contributed by atoms with Gasteiger partial charge >= 0.3 is 0 Å². The molecule has 2 rings (SSSR count). The maximum atomic E-state index is 11.8. The van der Waals surface area contributed by atoms with E-state index in [-0.39, 0.29) is 5.91 Å². The summed E-state index contributed by atoms with van der Waals surface area (Å²) in [6.07, 6.45) is 0.451. The van der Waals surface area contributed by atoms with Crippen molar-refractivity contribution in [2.24, 2.45) is 0 Å². The molecule has 1 heterocycles. The molecule has 2 nitrogen and oxygen atoms in total. The number of hydrogen-bond donors (Lipinski definition) is 1. The molecule has 0 bridgehead atoms. The minimum atomic E-state index is 0.0377. The number of benzene rings is 1. The SMILES string of the molecule is Cc1ccc(NC(=O)Cc2ccc(C)s2)cc1. The number of rotatable bonds is 3. The van der Waals surface area contributed by atoms with Crippen LogP contribution in [0, 0.1) is 13.8 Å². The third kappa shape index (κ3) is 3.43. The number of carbonyl (C=O) groups excluding carboxylic acids is 1. The van der Waals surface area contributed by atoms with Crippen molar-refractivity contribution in [1.29, 1.82) is 0 Å². The molecule has 1 N–H and O–H groups in total. The molecule has 17 heavy (non-hydrogen) atoms. The van der Waals surface area contributed by atoms with Gasteiger partial charge in [0, 0.05) is 15.4 Å². The third-order valence-electron chi connectivity index (χ3n) is 2.47. The van der Waals surface area contributed by atoms with Gasteiger partial charge in [0.05, 0.1) is 6.42 Å². The van der Waals surface area contributed by atoms with Gasteiger partial charge in [-0.3, -0.25) is 4.79 Å². The molecule has 88 valence electrons. The van der Waals surface area contributed by atoms with Crippen LogP contribution < -0.4 is 5.32 Å². The van der Waals surface area contributed by atoms with Crippen LogP contribution in [-0.4, -0.2) is 5.91 Å². The van der Waals surface area contributed by atoms with Crippen molar-refractivity contribution >= 4 is 22.9 Å². The average molecular weight is 245 g/mol. The molecule has 0 unspecified atom stereocenters. The summed E-state index contributed by atoms with van der Waals surface area (Å²) >= 11 is 1.67. The molecule has 1 aromatic carbocycles. The molecule has 0 radical (unpaired) electrons. The summed E-state index contributed by atoms with van der Waals surface area (Å²) in [5.41, 5.74) is 2.05. The van der Waals surface area contributed by atoms with Crippen LogP contribution in [0.5, 0.6) is 0 Å². The van der Waals surface area contributed by atoms with Crippen LogP contribution in [0.25, 0.3) is 0 Å². The van der Waals surface area contributed by atoms with Crippen LogP contribution in [0.4, 0.5) is 5.69 Å². The zero-order chi connectivity index (χ0) is 12.3. The first kappa shape index (κ1) is 11.9. The van der Waals surface area contributed by atoms with Crippen molar-refractivity contribution in [2.45, 2.75) is 20.3 Å². The fourth-order valence-electron chi connectivity index (χ4n) is 1.58. The lowest BCUT2D eigenvalue weighted by atomic mass is 10.2. The van der Waals surface area contributed by atoms with Crippen LogP contribution in [0.15, 0.2) is 36.4 Å². The third-order valence-corrected chi connectivity index (χ3v) is 3.47. The van der Waals surface area contributed by atoms with Crippen molar-refractivity contribution in [3.63, 3.8) is 0 Å². The lowest BCUT2D eigenvalue weighted by molar-refractivity contribution is -0.115. The summed E-state index contributed by atoms with van der Waals surface area (Å²) in [7, 11) is 0. The number of anilines is 1. The Hall–Kier alpha value is -1.61. The summed E-state index contributed by atoms with van der Waals surface area (Å²) in [4.78, 5) is 14.1. The largest absolute Gasteiger partial charge is 0.326 e. The number of hydrogen-bond acceptors (Lipinski definition) is 2. The Morgan fingerprint density at radius 3 is 2.41 bits per heavy atom. The van der Waals surface area contributed by atoms with Gasteiger partial charge < -0.3 is 5.32 Å². The van der Waals surface area contributed by atoms with Crippen molar-refractivity contribution in [2.75, 3.05) is 5.32 Å². The van der Waals surface area contributed by atoms with Gasteiger partial charge in [-0.05, 0) is 38.1 Å². The van der Waals surface area contributed by atoms with E-state index < -0.39 is 0 Å². The number of carbonyl (C=O) groups is 1. The van der Waals surface area contributed by atoms with E-state index in [1.807, 2.05) is 50.2 Å². The highest BCUT2D eigenvalue weighted by Crippen LogP contribution is 2.16. The molecule has 0 atom stereocenters. The molecule has 0 aliphatic rings. The fourth-order valence-corrected chi connectivity index (χ4v) is 2.47. The molecule has 0 fully saturated rings. The summed E-state index contributed by atoms with van der Waals surface area (Å²) in [5, 5.41) is 2.89. The Kier molecular flexibility index (Phi) is 3.59. The second-order valence-corrected chi connectivity index (χ2v) is 5.48. The van der Waals surface area contributed by atoms with Crippen molar-refractivity contribution in [3.05, 3.63) is 51.7 Å². The highest BCUT2D eigenvalue weighted by Gasteiger charge is 2.05. The second kappa shape index (κ2) is 5.15. The highest BCUT2D eigenvalue weighted by molar-refractivity contribution is 7.12. The molecule has 3 heteroatoms. The first-order valence-electron chi connectivity index (χ1n) is 5.55. The Bertz CT molecular complexity index is 513. The molecule has 0 spiro atoms. The van der Waals surface area contributed by atoms with E-state index in [0.29, 0.717) is 6.42 Å². The Morgan fingerprint density at radius 2 is 1.82 bits per heavy atom. The van der Waals surface area contributed by atoms with E-state index in [9.17, 15) is 4.79 Å². The van der Waals surface area contributed by atoms with Gasteiger partial charge in [0.2, 0.25) is 5.91 Å². The maximum absolute atomic E-state index is 11.8. The maximum Gasteiger partial charge on any atom is 0.229 e. The lowest BCUT2D eigenvalue weighted by Crippen LogP contribution is -2.13. The first-order chi connectivity index (χ1) is 8.13. The quantitative estimate of drug-likeness (QED) is 0.880. The van der Waals surface area contributed by atoms with E-state index in [0.717, 1.165) is 10.6 Å². The van der Waals surface area contributed by atoms with Crippen LogP contribution in [0.2, 0.25) is 0 Å². The standard InChI is InChI=1S/C14H15NOS/c1-10-3-6-12(7-4-10)15-14(16)9-13-8-5-11(2)17-13/h3-8H,9H2,1-2H3,(H,15,16). The van der Waals surface area contributed by atoms with E-state index in [4.69, 9.17) is 0 Å². The van der Waals surface area contributed by atoms with E-state index in [1.54, 1.807) is 11.3 Å². The van der Waals surface area contributed by atoms with Gasteiger partial charge in [-0.2, -0.15) is 0 Å². The molecular formula is C14H15NOS. The number of aryl methyl sites for hydroxylation is 2. The van der Waals surface area contributed by atoms with Gasteiger partial charge in [-0.25, -0.2) is 0 Å². The lowest BCUT2D eigenvalue weighted by Gasteiger charge is -2.04. The van der Waals surface area contributed by atoms with Crippen LogP contribution in [0.3, 0.4) is 0 Å². The Morgan fingerprint density at radius 1 is 1.12 bits per heavy atom. The van der Waals surface area contributed by atoms with E-state index in [2.05, 4.69) is 5.32 Å². The number of amides is 1. The topological polar surface area (TPSA) is 29.1 Å². The van der Waals surface area contributed by atoms with Crippen molar-refractivity contribution < 1.29 is 4.79 Å². The summed E-state index contributed by atoms with van der Waals surface area (Å²) < 4.78 is 0. The molecule has 0 aliphatic heterocycles. The monoisotopic (exact) mass is 245 g/mol. The molecule has 1 aromatic heterocycles. The minimum absolute atomic E-state index is 0.0377.